The number of hydrogen-bond acceptors (Lipinski definition) is 3. The molecule has 11 heavy (non-hydrogen) atoms. The molecule has 0 radical (unpaired) electrons. The van der Waals surface area contributed by atoms with Gasteiger partial charge in [0, 0.05) is 10.8 Å². The first-order valence-corrected chi connectivity index (χ1v) is 3.81. The molecular weight excluding hydrogens is 144 g/mol. The Kier molecular flexibility index (Phi) is 1.88. The zero-order valence-corrected chi connectivity index (χ0v) is 6.91. The van der Waals surface area contributed by atoms with Crippen molar-refractivity contribution in [2.24, 2.45) is 17.1 Å². The van der Waals surface area contributed by atoms with E-state index >= 15 is 0 Å². The minimum Gasteiger partial charge on any atom is -0.268 e. The van der Waals surface area contributed by atoms with Crippen LogP contribution >= 0.6 is 0 Å². The van der Waals surface area contributed by atoms with Crippen LogP contribution < -0.4 is 5.73 Å². The van der Waals surface area contributed by atoms with Crippen LogP contribution in [0.1, 0.15) is 26.7 Å². The molecular formula is C7H14N2O2. The van der Waals surface area contributed by atoms with Crippen LogP contribution in [-0.2, 0) is 0 Å². The second-order valence-electron chi connectivity index (χ2n) is 4.11. The third kappa shape index (κ3) is 1.68. The Morgan fingerprint density at radius 1 is 1.64 bits per heavy atom. The van der Waals surface area contributed by atoms with Crippen molar-refractivity contribution in [1.29, 1.82) is 0 Å². The molecule has 1 fully saturated rings. The van der Waals surface area contributed by atoms with Gasteiger partial charge >= 0.3 is 0 Å². The molecule has 4 heteroatoms. The summed E-state index contributed by atoms with van der Waals surface area (Å²) in [4.78, 5) is 9.84. The molecule has 4 nitrogen and oxygen atoms in total. The van der Waals surface area contributed by atoms with Crippen LogP contribution in [0.15, 0.2) is 0 Å². The summed E-state index contributed by atoms with van der Waals surface area (Å²) >= 11 is 0. The summed E-state index contributed by atoms with van der Waals surface area (Å²) in [7, 11) is 0. The minimum atomic E-state index is -0.844. The predicted molar refractivity (Wildman–Crippen MR) is 41.5 cm³/mol. The van der Waals surface area contributed by atoms with Gasteiger partial charge in [0.2, 0.25) is 0 Å². The average molecular weight is 158 g/mol. The molecule has 0 spiro atoms. The highest BCUT2D eigenvalue weighted by atomic mass is 16.6. The lowest BCUT2D eigenvalue weighted by Gasteiger charge is -2.42. The molecule has 1 aliphatic carbocycles. The Morgan fingerprint density at radius 3 is 2.36 bits per heavy atom. The fraction of sp³-hybridized carbons (Fsp3) is 1.00. The fourth-order valence-corrected chi connectivity index (χ4v) is 1.77. The van der Waals surface area contributed by atoms with E-state index in [2.05, 4.69) is 13.8 Å². The number of hydrogen-bond donors (Lipinski definition) is 1. The summed E-state index contributed by atoms with van der Waals surface area (Å²) in [6.07, 6.45) is 0.924. The molecule has 0 aromatic heterocycles. The van der Waals surface area contributed by atoms with Gasteiger partial charge in [-0.15, -0.1) is 0 Å². The maximum absolute atomic E-state index is 10.2. The van der Waals surface area contributed by atoms with Crippen LogP contribution in [0, 0.1) is 21.4 Å². The van der Waals surface area contributed by atoms with Gasteiger partial charge in [0.15, 0.2) is 0 Å². The standard InChI is InChI=1S/C7H14N2O2/c1-7(2)3-5(4-7)6(8)9(10)11/h5-6H,3-4,8H2,1-2H3. The van der Waals surface area contributed by atoms with Gasteiger partial charge in [0.1, 0.15) is 0 Å². The zero-order chi connectivity index (χ0) is 8.65. The molecule has 0 amide bonds. The van der Waals surface area contributed by atoms with E-state index in [4.69, 9.17) is 5.73 Å². The Balaban J connectivity index is 2.38. The molecule has 64 valence electrons. The molecule has 1 unspecified atom stereocenters. The van der Waals surface area contributed by atoms with E-state index in [1.54, 1.807) is 0 Å². The third-order valence-electron chi connectivity index (χ3n) is 2.36. The molecule has 1 atom stereocenters. The molecule has 1 rings (SSSR count). The van der Waals surface area contributed by atoms with Gasteiger partial charge in [-0.05, 0) is 18.3 Å². The number of nitro groups is 1. The summed E-state index contributed by atoms with van der Waals surface area (Å²) < 4.78 is 0. The molecule has 1 saturated carbocycles. The van der Waals surface area contributed by atoms with Crippen molar-refractivity contribution < 1.29 is 4.92 Å². The van der Waals surface area contributed by atoms with E-state index in [0.717, 1.165) is 12.8 Å². The van der Waals surface area contributed by atoms with Crippen molar-refractivity contribution in [3.8, 4) is 0 Å². The lowest BCUT2D eigenvalue weighted by Crippen LogP contribution is -2.47. The largest absolute Gasteiger partial charge is 0.268 e. The summed E-state index contributed by atoms with van der Waals surface area (Å²) in [5.41, 5.74) is 5.62. The van der Waals surface area contributed by atoms with Gasteiger partial charge in [-0.2, -0.15) is 0 Å². The lowest BCUT2D eigenvalue weighted by molar-refractivity contribution is -0.536. The van der Waals surface area contributed by atoms with Crippen LogP contribution in [0.3, 0.4) is 0 Å². The van der Waals surface area contributed by atoms with E-state index < -0.39 is 6.17 Å². The van der Waals surface area contributed by atoms with Crippen LogP contribution in [0.4, 0.5) is 0 Å². The van der Waals surface area contributed by atoms with Crippen LogP contribution in [0.25, 0.3) is 0 Å². The highest BCUT2D eigenvalue weighted by Crippen LogP contribution is 2.45. The molecule has 0 heterocycles. The zero-order valence-electron chi connectivity index (χ0n) is 6.91. The fourth-order valence-electron chi connectivity index (χ4n) is 1.77. The monoisotopic (exact) mass is 158 g/mol. The van der Waals surface area contributed by atoms with Crippen molar-refractivity contribution >= 4 is 0 Å². The first-order chi connectivity index (χ1) is 4.92. The molecule has 0 aromatic carbocycles. The topological polar surface area (TPSA) is 69.2 Å². The second kappa shape index (κ2) is 2.44. The van der Waals surface area contributed by atoms with E-state index in [1.807, 2.05) is 0 Å². The van der Waals surface area contributed by atoms with Gasteiger partial charge < -0.3 is 0 Å². The Morgan fingerprint density at radius 2 is 2.09 bits per heavy atom. The van der Waals surface area contributed by atoms with E-state index in [-0.39, 0.29) is 16.3 Å². The maximum Gasteiger partial charge on any atom is 0.266 e. The van der Waals surface area contributed by atoms with Crippen LogP contribution in [0.2, 0.25) is 0 Å². The molecule has 2 N–H and O–H groups in total. The van der Waals surface area contributed by atoms with Gasteiger partial charge in [0.05, 0.1) is 0 Å². The summed E-state index contributed by atoms with van der Waals surface area (Å²) in [6.45, 7) is 4.21. The van der Waals surface area contributed by atoms with Gasteiger partial charge in [-0.3, -0.25) is 15.8 Å². The average Bonchev–Trinajstić information content (AvgIpc) is 1.80. The Labute approximate surface area is 65.9 Å². The summed E-state index contributed by atoms with van der Waals surface area (Å²) in [5.74, 6) is 0.0972. The van der Waals surface area contributed by atoms with Crippen molar-refractivity contribution in [3.05, 3.63) is 10.1 Å². The molecule has 0 saturated heterocycles. The van der Waals surface area contributed by atoms with Crippen molar-refractivity contribution in [2.75, 3.05) is 0 Å². The number of rotatable bonds is 2. The third-order valence-corrected chi connectivity index (χ3v) is 2.36. The lowest BCUT2D eigenvalue weighted by atomic mass is 9.63. The van der Waals surface area contributed by atoms with Crippen LogP contribution in [-0.4, -0.2) is 11.1 Å². The van der Waals surface area contributed by atoms with E-state index in [9.17, 15) is 10.1 Å². The van der Waals surface area contributed by atoms with Gasteiger partial charge in [-0.1, -0.05) is 13.8 Å². The number of nitrogens with two attached hydrogens (primary N) is 1. The summed E-state index contributed by atoms with van der Waals surface area (Å²) in [6, 6.07) is 0. The highest BCUT2D eigenvalue weighted by molar-refractivity contribution is 4.88. The van der Waals surface area contributed by atoms with Crippen LogP contribution in [0.5, 0.6) is 0 Å². The molecule has 1 aliphatic rings. The van der Waals surface area contributed by atoms with Gasteiger partial charge in [0.25, 0.3) is 6.17 Å². The first-order valence-electron chi connectivity index (χ1n) is 3.81. The minimum absolute atomic E-state index is 0.0972. The Bertz CT molecular complexity index is 171. The highest BCUT2D eigenvalue weighted by Gasteiger charge is 2.43. The summed E-state index contributed by atoms with van der Waals surface area (Å²) in [5, 5.41) is 10.2. The van der Waals surface area contributed by atoms with Crippen molar-refractivity contribution in [1.82, 2.24) is 0 Å². The van der Waals surface area contributed by atoms with Crippen molar-refractivity contribution in [2.45, 2.75) is 32.9 Å². The van der Waals surface area contributed by atoms with E-state index in [0.29, 0.717) is 0 Å². The Hall–Kier alpha value is -0.640. The molecule has 0 bridgehead atoms. The molecule has 0 aromatic rings. The quantitative estimate of drug-likeness (QED) is 0.370. The normalized spacial score (nSPS) is 25.7. The maximum atomic E-state index is 10.2. The SMILES string of the molecule is CC1(C)CC(C(N)[N+](=O)[O-])C1. The van der Waals surface area contributed by atoms with Crippen molar-refractivity contribution in [3.63, 3.8) is 0 Å². The molecule has 0 aliphatic heterocycles. The predicted octanol–water partition coefficient (Wildman–Crippen LogP) is 0.984. The van der Waals surface area contributed by atoms with E-state index in [1.165, 1.54) is 0 Å². The van der Waals surface area contributed by atoms with Gasteiger partial charge in [-0.25, -0.2) is 0 Å². The first kappa shape index (κ1) is 8.46. The smallest absolute Gasteiger partial charge is 0.266 e. The number of nitrogens with zero attached hydrogens (tertiary/aromatic N) is 1. The second-order valence-corrected chi connectivity index (χ2v) is 4.11.